The predicted octanol–water partition coefficient (Wildman–Crippen LogP) is 1.20. The molecule has 0 saturated carbocycles. The van der Waals surface area contributed by atoms with Crippen molar-refractivity contribution >= 4 is 24.7 Å². The summed E-state index contributed by atoms with van der Waals surface area (Å²) >= 11 is 3.55. The molecule has 0 radical (unpaired) electrons. The van der Waals surface area contributed by atoms with Crippen LogP contribution in [0.5, 0.6) is 0 Å². The van der Waals surface area contributed by atoms with Crippen molar-refractivity contribution in [1.82, 2.24) is 4.72 Å². The van der Waals surface area contributed by atoms with E-state index in [1.54, 1.807) is 12.1 Å². The third-order valence-electron chi connectivity index (χ3n) is 1.93. The van der Waals surface area contributed by atoms with Gasteiger partial charge >= 0.3 is 5.97 Å². The van der Waals surface area contributed by atoms with E-state index < -0.39 is 11.9 Å². The van der Waals surface area contributed by atoms with Crippen molar-refractivity contribution in [3.63, 3.8) is 0 Å². The molecule has 4 nitrogen and oxygen atoms in total. The van der Waals surface area contributed by atoms with Crippen LogP contribution in [0.25, 0.3) is 0 Å². The molecule has 0 saturated heterocycles. The second-order valence-electron chi connectivity index (χ2n) is 3.11. The second-order valence-corrected chi connectivity index (χ2v) is 3.34. The van der Waals surface area contributed by atoms with Gasteiger partial charge < -0.3 is 5.11 Å². The van der Waals surface area contributed by atoms with Crippen LogP contribution in [0.3, 0.4) is 0 Å². The number of hydrogen-bond donors (Lipinski definition) is 3. The topological polar surface area (TPSA) is 66.4 Å². The van der Waals surface area contributed by atoms with E-state index in [4.69, 9.17) is 5.11 Å². The second kappa shape index (κ2) is 5.97. The number of carboxylic acid groups (broad SMARTS) is 1. The lowest BCUT2D eigenvalue weighted by molar-refractivity contribution is -0.133. The Morgan fingerprint density at radius 3 is 2.44 bits per heavy atom. The first-order valence-electron chi connectivity index (χ1n) is 4.55. The van der Waals surface area contributed by atoms with E-state index in [-0.39, 0.29) is 12.0 Å². The third-order valence-corrected chi connectivity index (χ3v) is 2.15. The van der Waals surface area contributed by atoms with Gasteiger partial charge in [-0.25, -0.2) is 4.79 Å². The van der Waals surface area contributed by atoms with Gasteiger partial charge in [0, 0.05) is 18.1 Å². The summed E-state index contributed by atoms with van der Waals surface area (Å²) in [5.41, 5.74) is 0.862. The van der Waals surface area contributed by atoms with E-state index in [1.165, 1.54) is 0 Å². The summed E-state index contributed by atoms with van der Waals surface area (Å²) in [4.78, 5) is 21.9. The molecule has 0 unspecified atom stereocenters. The van der Waals surface area contributed by atoms with E-state index in [9.17, 15) is 9.59 Å². The lowest BCUT2D eigenvalue weighted by Crippen LogP contribution is -2.13. The summed E-state index contributed by atoms with van der Waals surface area (Å²) in [7, 11) is 0. The molecule has 0 aliphatic rings. The molecule has 0 fully saturated rings. The Labute approximate surface area is 98.5 Å². The van der Waals surface area contributed by atoms with Crippen LogP contribution in [0.1, 0.15) is 5.56 Å². The van der Waals surface area contributed by atoms with Crippen molar-refractivity contribution in [2.45, 2.75) is 6.42 Å². The van der Waals surface area contributed by atoms with Gasteiger partial charge in [0.1, 0.15) is 0 Å². The fraction of sp³-hybridized carbons (Fsp3) is 0.0909. The smallest absolute Gasteiger partial charge is 0.332 e. The number of nitrogens with one attached hydrogen (secondary N) is 1. The molecule has 0 bridgehead atoms. The molecule has 1 aromatic carbocycles. The van der Waals surface area contributed by atoms with E-state index in [0.29, 0.717) is 0 Å². The van der Waals surface area contributed by atoms with Crippen LogP contribution in [-0.2, 0) is 16.0 Å². The minimum absolute atomic E-state index is 0.0257. The quantitative estimate of drug-likeness (QED) is 0.544. The minimum atomic E-state index is -1.11. The number of aliphatic carboxylic acids is 1. The van der Waals surface area contributed by atoms with Crippen molar-refractivity contribution < 1.29 is 14.7 Å². The molecule has 1 amide bonds. The van der Waals surface area contributed by atoms with Crippen LogP contribution in [0.15, 0.2) is 42.0 Å². The molecule has 5 heteroatoms. The number of hydrogen-bond acceptors (Lipinski definition) is 3. The van der Waals surface area contributed by atoms with Crippen LogP contribution >= 0.6 is 12.8 Å². The van der Waals surface area contributed by atoms with Gasteiger partial charge in [0.2, 0.25) is 0 Å². The highest BCUT2D eigenvalue weighted by Gasteiger charge is 2.10. The summed E-state index contributed by atoms with van der Waals surface area (Å²) in [5, 5.41) is 8.91. The molecular weight excluding hydrogens is 226 g/mol. The molecular formula is C11H11NO3S. The number of carbonyl (C=O) groups is 2. The zero-order valence-electron chi connectivity index (χ0n) is 8.38. The first kappa shape index (κ1) is 12.3. The number of carboxylic acids is 1. The average Bonchev–Trinajstić information content (AvgIpc) is 2.29. The van der Waals surface area contributed by atoms with Crippen molar-refractivity contribution in [2.75, 3.05) is 0 Å². The SMILES string of the molecule is O=C(/C=C(/Cc1ccccc1)C(=O)O)NS. The Bertz CT molecular complexity index is 414. The number of benzene rings is 1. The highest BCUT2D eigenvalue weighted by atomic mass is 32.1. The van der Waals surface area contributed by atoms with Crippen molar-refractivity contribution in [3.8, 4) is 0 Å². The lowest BCUT2D eigenvalue weighted by Gasteiger charge is -2.02. The average molecular weight is 237 g/mol. The summed E-state index contributed by atoms with van der Waals surface area (Å²) in [6.07, 6.45) is 1.24. The maximum Gasteiger partial charge on any atom is 0.332 e. The van der Waals surface area contributed by atoms with Crippen molar-refractivity contribution in [1.29, 1.82) is 0 Å². The molecule has 1 rings (SSSR count). The van der Waals surface area contributed by atoms with E-state index in [0.717, 1.165) is 11.6 Å². The minimum Gasteiger partial charge on any atom is -0.478 e. The molecule has 0 aliphatic heterocycles. The maximum absolute atomic E-state index is 11.0. The molecule has 0 atom stereocenters. The number of rotatable bonds is 4. The van der Waals surface area contributed by atoms with Crippen LogP contribution in [0, 0.1) is 0 Å². The molecule has 1 aromatic rings. The van der Waals surface area contributed by atoms with E-state index in [1.807, 2.05) is 18.2 Å². The van der Waals surface area contributed by atoms with Gasteiger partial charge in [0.25, 0.3) is 5.91 Å². The lowest BCUT2D eigenvalue weighted by atomic mass is 10.1. The third kappa shape index (κ3) is 3.78. The molecule has 0 heterocycles. The molecule has 16 heavy (non-hydrogen) atoms. The molecule has 0 spiro atoms. The monoisotopic (exact) mass is 237 g/mol. The number of thiol groups is 1. The first-order chi connectivity index (χ1) is 7.63. The fourth-order valence-corrected chi connectivity index (χ4v) is 1.26. The normalized spacial score (nSPS) is 10.9. The van der Waals surface area contributed by atoms with E-state index in [2.05, 4.69) is 17.5 Å². The largest absolute Gasteiger partial charge is 0.478 e. The first-order valence-corrected chi connectivity index (χ1v) is 5.00. The Morgan fingerprint density at radius 1 is 1.31 bits per heavy atom. The van der Waals surface area contributed by atoms with Crippen LogP contribution < -0.4 is 4.72 Å². The van der Waals surface area contributed by atoms with Gasteiger partial charge in [-0.15, -0.1) is 0 Å². The Kier molecular flexibility index (Phi) is 4.60. The van der Waals surface area contributed by atoms with Crippen LogP contribution in [-0.4, -0.2) is 17.0 Å². The Balaban J connectivity index is 2.85. The zero-order chi connectivity index (χ0) is 12.0. The van der Waals surface area contributed by atoms with Crippen LogP contribution in [0.4, 0.5) is 0 Å². The summed E-state index contributed by atoms with van der Waals surface area (Å²) in [6.45, 7) is 0. The summed E-state index contributed by atoms with van der Waals surface area (Å²) in [5.74, 6) is -1.66. The Morgan fingerprint density at radius 2 is 1.94 bits per heavy atom. The maximum atomic E-state index is 11.0. The summed E-state index contributed by atoms with van der Waals surface area (Å²) < 4.78 is 2.05. The number of amides is 1. The number of carbonyl (C=O) groups excluding carboxylic acids is 1. The fourth-order valence-electron chi connectivity index (χ4n) is 1.19. The standard InChI is InChI=1S/C11H11NO3S/c13-10(12-16)7-9(11(14)15)6-8-4-2-1-3-5-8/h1-5,7,16H,6H2,(H,12,13)(H,14,15)/b9-7-. The molecule has 84 valence electrons. The molecule has 0 aromatic heterocycles. The predicted molar refractivity (Wildman–Crippen MR) is 63.0 cm³/mol. The van der Waals surface area contributed by atoms with Gasteiger partial charge in [0.05, 0.1) is 0 Å². The molecule has 0 aliphatic carbocycles. The van der Waals surface area contributed by atoms with Gasteiger partial charge in [-0.1, -0.05) is 43.1 Å². The van der Waals surface area contributed by atoms with Gasteiger partial charge in [-0.2, -0.15) is 0 Å². The summed E-state index contributed by atoms with van der Waals surface area (Å²) in [6, 6.07) is 9.07. The van der Waals surface area contributed by atoms with Crippen molar-refractivity contribution in [2.24, 2.45) is 0 Å². The highest BCUT2D eigenvalue weighted by molar-refractivity contribution is 7.78. The van der Waals surface area contributed by atoms with Gasteiger partial charge in [-0.05, 0) is 5.56 Å². The Hall–Kier alpha value is -1.75. The highest BCUT2D eigenvalue weighted by Crippen LogP contribution is 2.08. The van der Waals surface area contributed by atoms with Crippen LogP contribution in [0.2, 0.25) is 0 Å². The van der Waals surface area contributed by atoms with Gasteiger partial charge in [0.15, 0.2) is 0 Å². The van der Waals surface area contributed by atoms with E-state index >= 15 is 0 Å². The van der Waals surface area contributed by atoms with Crippen molar-refractivity contribution in [3.05, 3.63) is 47.5 Å². The zero-order valence-corrected chi connectivity index (χ0v) is 9.28. The van der Waals surface area contributed by atoms with Gasteiger partial charge in [-0.3, -0.25) is 9.52 Å². The molecule has 2 N–H and O–H groups in total.